The first kappa shape index (κ1) is 24.4. The number of nitrogens with zero attached hydrogens (tertiary/aromatic N) is 1. The van der Waals surface area contributed by atoms with Crippen LogP contribution in [0.15, 0.2) is 87.1 Å². The number of unbranched alkanes of at least 4 members (excludes halogenated alkanes) is 1. The molecule has 0 amide bonds. The summed E-state index contributed by atoms with van der Waals surface area (Å²) in [6.07, 6.45) is 13.4. The molecule has 0 saturated carbocycles. The second-order valence-electron chi connectivity index (χ2n) is 6.75. The average molecular weight is 459 g/mol. The van der Waals surface area contributed by atoms with Crippen molar-refractivity contribution in [1.82, 2.24) is 0 Å². The van der Waals surface area contributed by atoms with Crippen LogP contribution >= 0.6 is 23.1 Å². The molecule has 160 valence electrons. The van der Waals surface area contributed by atoms with Gasteiger partial charge in [0.15, 0.2) is 0 Å². The van der Waals surface area contributed by atoms with Gasteiger partial charge in [-0.3, -0.25) is 4.21 Å². The molecule has 3 nitrogen and oxygen atoms in total. The van der Waals surface area contributed by atoms with E-state index in [0.717, 1.165) is 50.3 Å². The van der Waals surface area contributed by atoms with Crippen molar-refractivity contribution in [2.75, 3.05) is 5.75 Å². The van der Waals surface area contributed by atoms with Gasteiger partial charge in [-0.1, -0.05) is 75.6 Å². The van der Waals surface area contributed by atoms with Crippen LogP contribution in [0.2, 0.25) is 0 Å². The van der Waals surface area contributed by atoms with E-state index in [-0.39, 0.29) is 0 Å². The highest BCUT2D eigenvalue weighted by Gasteiger charge is 2.24. The number of rotatable bonds is 11. The SMILES string of the molecule is C=C(/C=C\C=C/CC)C(=C)/C=C(\N=C1CC(N)=C(S(=O)CCCC)S1)c1cccs1. The van der Waals surface area contributed by atoms with Crippen molar-refractivity contribution in [3.05, 3.63) is 87.0 Å². The standard InChI is InChI=1S/C24H30N2OS3/c1-5-7-9-10-12-18(3)19(4)16-21(22-13-11-14-28-22)26-23-17-20(25)24(29-23)30(27)15-8-6-2/h7,9-14,16H,3-6,8,15,17,25H2,1-2H3/b9-7-,12-10-,21-16-,26-23?. The van der Waals surface area contributed by atoms with E-state index in [0.29, 0.717) is 17.9 Å². The normalized spacial score (nSPS) is 17.5. The predicted octanol–water partition coefficient (Wildman–Crippen LogP) is 6.94. The van der Waals surface area contributed by atoms with Crippen molar-refractivity contribution in [1.29, 1.82) is 0 Å². The van der Waals surface area contributed by atoms with E-state index >= 15 is 0 Å². The summed E-state index contributed by atoms with van der Waals surface area (Å²) in [5.41, 5.74) is 9.32. The summed E-state index contributed by atoms with van der Waals surface area (Å²) < 4.78 is 13.3. The summed E-state index contributed by atoms with van der Waals surface area (Å²) in [5.74, 6) is 0.649. The molecule has 2 N–H and O–H groups in total. The molecule has 0 radical (unpaired) electrons. The summed E-state index contributed by atoms with van der Waals surface area (Å²) in [7, 11) is -1.05. The molecule has 1 atom stereocenters. The minimum atomic E-state index is -1.05. The maximum atomic E-state index is 12.5. The molecule has 0 aliphatic carbocycles. The second-order valence-corrected chi connectivity index (χ2v) is 10.6. The van der Waals surface area contributed by atoms with Crippen molar-refractivity contribution in [3.8, 4) is 0 Å². The molecule has 1 unspecified atom stereocenters. The Morgan fingerprint density at radius 3 is 2.77 bits per heavy atom. The predicted molar refractivity (Wildman–Crippen MR) is 138 cm³/mol. The van der Waals surface area contributed by atoms with Crippen LogP contribution in [-0.4, -0.2) is 15.0 Å². The first-order valence-electron chi connectivity index (χ1n) is 10.1. The van der Waals surface area contributed by atoms with Gasteiger partial charge in [0.25, 0.3) is 0 Å². The van der Waals surface area contributed by atoms with Gasteiger partial charge in [0.2, 0.25) is 0 Å². The molecule has 0 aromatic carbocycles. The van der Waals surface area contributed by atoms with Gasteiger partial charge in [0.05, 0.1) is 30.7 Å². The van der Waals surface area contributed by atoms with Crippen molar-refractivity contribution >= 4 is 44.6 Å². The van der Waals surface area contributed by atoms with E-state index in [1.54, 1.807) is 11.3 Å². The van der Waals surface area contributed by atoms with E-state index in [2.05, 4.69) is 33.1 Å². The fourth-order valence-corrected chi connectivity index (χ4v) is 6.02. The molecule has 1 aromatic heterocycles. The maximum Gasteiger partial charge on any atom is 0.0967 e. The zero-order valence-corrected chi connectivity index (χ0v) is 20.2. The van der Waals surface area contributed by atoms with E-state index in [1.807, 2.05) is 41.8 Å². The lowest BCUT2D eigenvalue weighted by molar-refractivity contribution is 0.684. The quantitative estimate of drug-likeness (QED) is 0.366. The molecule has 1 aliphatic heterocycles. The summed E-state index contributed by atoms with van der Waals surface area (Å²) in [6, 6.07) is 4.04. The second kappa shape index (κ2) is 12.7. The topological polar surface area (TPSA) is 55.4 Å². The molecule has 2 rings (SSSR count). The molecule has 30 heavy (non-hydrogen) atoms. The molecule has 6 heteroatoms. The third-order valence-corrected chi connectivity index (χ3v) is 8.18. The fraction of sp³-hybridized carbons (Fsp3) is 0.292. The number of allylic oxidation sites excluding steroid dienone is 8. The minimum absolute atomic E-state index is 0.537. The Morgan fingerprint density at radius 1 is 1.30 bits per heavy atom. The number of thiophene rings is 1. The van der Waals surface area contributed by atoms with Crippen molar-refractivity contribution in [2.24, 2.45) is 10.7 Å². The molecule has 1 aromatic rings. The highest BCUT2D eigenvalue weighted by atomic mass is 32.2. The fourth-order valence-electron chi connectivity index (χ4n) is 2.54. The first-order chi connectivity index (χ1) is 14.5. The van der Waals surface area contributed by atoms with Gasteiger partial charge in [0.1, 0.15) is 0 Å². The zero-order valence-electron chi connectivity index (χ0n) is 17.7. The molecule has 0 fully saturated rings. The Hall–Kier alpha value is -1.89. The van der Waals surface area contributed by atoms with Gasteiger partial charge in [0, 0.05) is 17.9 Å². The third kappa shape index (κ3) is 7.42. The van der Waals surface area contributed by atoms with E-state index in [1.165, 1.54) is 11.8 Å². The molecule has 1 aliphatic rings. The first-order valence-corrected chi connectivity index (χ1v) is 13.1. The van der Waals surface area contributed by atoms with Gasteiger partial charge in [-0.25, -0.2) is 4.99 Å². The van der Waals surface area contributed by atoms with Crippen LogP contribution in [0.1, 0.15) is 44.4 Å². The van der Waals surface area contributed by atoms with Gasteiger partial charge in [-0.05, 0) is 41.5 Å². The molecular weight excluding hydrogens is 428 g/mol. The number of nitrogens with two attached hydrogens (primary N) is 1. The van der Waals surface area contributed by atoms with Crippen LogP contribution in [0.25, 0.3) is 5.70 Å². The van der Waals surface area contributed by atoms with Crippen molar-refractivity contribution < 1.29 is 4.21 Å². The molecular formula is C24H30N2OS3. The Labute approximate surface area is 191 Å². The van der Waals surface area contributed by atoms with E-state index < -0.39 is 10.8 Å². The smallest absolute Gasteiger partial charge is 0.0967 e. The summed E-state index contributed by atoms with van der Waals surface area (Å²) in [5, 5.41) is 2.89. The lowest BCUT2D eigenvalue weighted by Gasteiger charge is -2.05. The largest absolute Gasteiger partial charge is 0.400 e. The van der Waals surface area contributed by atoms with Crippen LogP contribution in [0.5, 0.6) is 0 Å². The molecule has 0 spiro atoms. The Bertz CT molecular complexity index is 932. The van der Waals surface area contributed by atoms with Crippen LogP contribution in [0.3, 0.4) is 0 Å². The van der Waals surface area contributed by atoms with Crippen LogP contribution < -0.4 is 5.73 Å². The van der Waals surface area contributed by atoms with Crippen molar-refractivity contribution in [3.63, 3.8) is 0 Å². The highest BCUT2D eigenvalue weighted by Crippen LogP contribution is 2.36. The lowest BCUT2D eigenvalue weighted by atomic mass is 10.1. The van der Waals surface area contributed by atoms with E-state index in [9.17, 15) is 4.21 Å². The van der Waals surface area contributed by atoms with Crippen LogP contribution in [-0.2, 0) is 10.8 Å². The lowest BCUT2D eigenvalue weighted by Crippen LogP contribution is -2.03. The molecule has 2 heterocycles. The number of hydrogen-bond acceptors (Lipinski definition) is 5. The van der Waals surface area contributed by atoms with Crippen molar-refractivity contribution in [2.45, 2.75) is 39.5 Å². The van der Waals surface area contributed by atoms with Gasteiger partial charge in [-0.2, -0.15) is 0 Å². The van der Waals surface area contributed by atoms with Crippen LogP contribution in [0, 0.1) is 0 Å². The average Bonchev–Trinajstić information content (AvgIpc) is 3.38. The van der Waals surface area contributed by atoms with Gasteiger partial charge >= 0.3 is 0 Å². The summed E-state index contributed by atoms with van der Waals surface area (Å²) in [6.45, 7) is 12.5. The monoisotopic (exact) mass is 458 g/mol. The molecule has 0 saturated heterocycles. The Balaban J connectivity index is 2.21. The number of hydrogen-bond donors (Lipinski definition) is 1. The zero-order chi connectivity index (χ0) is 21.9. The molecule has 0 bridgehead atoms. The minimum Gasteiger partial charge on any atom is -0.400 e. The van der Waals surface area contributed by atoms with E-state index in [4.69, 9.17) is 10.7 Å². The van der Waals surface area contributed by atoms with Crippen LogP contribution in [0.4, 0.5) is 0 Å². The summed E-state index contributed by atoms with van der Waals surface area (Å²) >= 11 is 3.07. The maximum absolute atomic E-state index is 12.5. The summed E-state index contributed by atoms with van der Waals surface area (Å²) in [4.78, 5) is 5.92. The highest BCUT2D eigenvalue weighted by molar-refractivity contribution is 8.26. The number of thioether (sulfide) groups is 1. The third-order valence-electron chi connectivity index (χ3n) is 4.23. The van der Waals surface area contributed by atoms with Gasteiger partial charge < -0.3 is 5.73 Å². The Morgan fingerprint density at radius 2 is 2.10 bits per heavy atom. The Kier molecular flexibility index (Phi) is 10.3. The number of aliphatic imine (C=N–C) groups is 1. The van der Waals surface area contributed by atoms with Gasteiger partial charge in [-0.15, -0.1) is 11.3 Å².